The van der Waals surface area contributed by atoms with E-state index in [-0.39, 0.29) is 18.8 Å². The van der Waals surface area contributed by atoms with Crippen molar-refractivity contribution < 1.29 is 27.8 Å². The van der Waals surface area contributed by atoms with Crippen LogP contribution in [0, 0.1) is 0 Å². The lowest BCUT2D eigenvalue weighted by Crippen LogP contribution is -2.34. The zero-order chi connectivity index (χ0) is 16.9. The number of benzene rings is 1. The molecule has 7 heteroatoms. The smallest absolute Gasteiger partial charge is 0.387 e. The third-order valence-corrected chi connectivity index (χ3v) is 3.33. The first-order chi connectivity index (χ1) is 10.9. The standard InChI is InChI=1S/C16H19F2NO4/c1-16(20,14-4-3-7-22-14)10-19-9-11-5-6-12(21-2)8-13(11)23-15(17)18/h3-8,15,19-20H,9-10H2,1-2H3. The summed E-state index contributed by atoms with van der Waals surface area (Å²) in [6.45, 7) is -0.903. The van der Waals surface area contributed by atoms with Crippen LogP contribution in [0.2, 0.25) is 0 Å². The van der Waals surface area contributed by atoms with E-state index in [1.807, 2.05) is 0 Å². The topological polar surface area (TPSA) is 63.9 Å². The number of halogens is 2. The van der Waals surface area contributed by atoms with Crippen molar-refractivity contribution in [3.05, 3.63) is 47.9 Å². The summed E-state index contributed by atoms with van der Waals surface area (Å²) in [6.07, 6.45) is 1.47. The Morgan fingerprint density at radius 2 is 2.13 bits per heavy atom. The van der Waals surface area contributed by atoms with Gasteiger partial charge in [-0.1, -0.05) is 6.07 Å². The number of hydrogen-bond donors (Lipinski definition) is 2. The number of rotatable bonds is 8. The molecule has 0 saturated heterocycles. The fraction of sp³-hybridized carbons (Fsp3) is 0.375. The Morgan fingerprint density at radius 3 is 2.74 bits per heavy atom. The minimum atomic E-state index is -2.92. The molecule has 0 aliphatic heterocycles. The molecule has 1 aromatic heterocycles. The van der Waals surface area contributed by atoms with Crippen LogP contribution >= 0.6 is 0 Å². The number of methoxy groups -OCH3 is 1. The molecule has 5 nitrogen and oxygen atoms in total. The molecule has 0 aliphatic rings. The van der Waals surface area contributed by atoms with Gasteiger partial charge in [-0.2, -0.15) is 8.78 Å². The predicted octanol–water partition coefficient (Wildman–Crippen LogP) is 2.89. The second-order valence-electron chi connectivity index (χ2n) is 5.21. The lowest BCUT2D eigenvalue weighted by molar-refractivity contribution is -0.0506. The van der Waals surface area contributed by atoms with Gasteiger partial charge in [-0.15, -0.1) is 0 Å². The highest BCUT2D eigenvalue weighted by Gasteiger charge is 2.25. The SMILES string of the molecule is COc1ccc(CNCC(C)(O)c2ccco2)c(OC(F)F)c1. The summed E-state index contributed by atoms with van der Waals surface area (Å²) in [4.78, 5) is 0. The van der Waals surface area contributed by atoms with Crippen molar-refractivity contribution in [1.82, 2.24) is 5.32 Å². The highest BCUT2D eigenvalue weighted by atomic mass is 19.3. The maximum atomic E-state index is 12.5. The van der Waals surface area contributed by atoms with Crippen molar-refractivity contribution >= 4 is 0 Å². The van der Waals surface area contributed by atoms with E-state index in [1.54, 1.807) is 31.2 Å². The van der Waals surface area contributed by atoms with Crippen molar-refractivity contribution in [2.45, 2.75) is 25.7 Å². The number of aliphatic hydroxyl groups is 1. The van der Waals surface area contributed by atoms with Gasteiger partial charge in [-0.3, -0.25) is 0 Å². The van der Waals surface area contributed by atoms with Crippen molar-refractivity contribution in [3.63, 3.8) is 0 Å². The van der Waals surface area contributed by atoms with E-state index in [9.17, 15) is 13.9 Å². The summed E-state index contributed by atoms with van der Waals surface area (Å²) >= 11 is 0. The van der Waals surface area contributed by atoms with Crippen LogP contribution in [-0.4, -0.2) is 25.4 Å². The van der Waals surface area contributed by atoms with Crippen molar-refractivity contribution in [2.75, 3.05) is 13.7 Å². The Balaban J connectivity index is 2.02. The first-order valence-corrected chi connectivity index (χ1v) is 7.01. The largest absolute Gasteiger partial charge is 0.497 e. The first-order valence-electron chi connectivity index (χ1n) is 7.01. The lowest BCUT2D eigenvalue weighted by atomic mass is 10.0. The Bertz CT molecular complexity index is 615. The first kappa shape index (κ1) is 17.2. The van der Waals surface area contributed by atoms with E-state index in [1.165, 1.54) is 19.4 Å². The summed E-state index contributed by atoms with van der Waals surface area (Å²) in [6, 6.07) is 8.03. The molecule has 1 unspecified atom stereocenters. The fourth-order valence-corrected chi connectivity index (χ4v) is 2.13. The molecule has 0 saturated carbocycles. The molecule has 0 spiro atoms. The molecular formula is C16H19F2NO4. The minimum absolute atomic E-state index is 0.0319. The van der Waals surface area contributed by atoms with Gasteiger partial charge < -0.3 is 24.3 Å². The van der Waals surface area contributed by atoms with Gasteiger partial charge in [0.25, 0.3) is 0 Å². The van der Waals surface area contributed by atoms with Gasteiger partial charge in [-0.05, 0) is 25.1 Å². The highest BCUT2D eigenvalue weighted by Crippen LogP contribution is 2.27. The molecular weight excluding hydrogens is 308 g/mol. The maximum Gasteiger partial charge on any atom is 0.387 e. The van der Waals surface area contributed by atoms with Crippen LogP contribution in [0.5, 0.6) is 11.5 Å². The Morgan fingerprint density at radius 1 is 1.35 bits per heavy atom. The summed E-state index contributed by atoms with van der Waals surface area (Å²) < 4.78 is 39.7. The highest BCUT2D eigenvalue weighted by molar-refractivity contribution is 5.40. The average molecular weight is 327 g/mol. The average Bonchev–Trinajstić information content (AvgIpc) is 3.03. The van der Waals surface area contributed by atoms with Gasteiger partial charge in [-0.25, -0.2) is 0 Å². The lowest BCUT2D eigenvalue weighted by Gasteiger charge is -2.21. The molecule has 126 valence electrons. The second kappa shape index (κ2) is 7.43. The van der Waals surface area contributed by atoms with Crippen LogP contribution in [-0.2, 0) is 12.1 Å². The van der Waals surface area contributed by atoms with Crippen LogP contribution in [0.1, 0.15) is 18.2 Å². The second-order valence-corrected chi connectivity index (χ2v) is 5.21. The minimum Gasteiger partial charge on any atom is -0.497 e. The zero-order valence-corrected chi connectivity index (χ0v) is 12.9. The van der Waals surface area contributed by atoms with Gasteiger partial charge >= 0.3 is 6.61 Å². The quantitative estimate of drug-likeness (QED) is 0.780. The van der Waals surface area contributed by atoms with Crippen LogP contribution < -0.4 is 14.8 Å². The van der Waals surface area contributed by atoms with E-state index >= 15 is 0 Å². The number of furan rings is 1. The zero-order valence-electron chi connectivity index (χ0n) is 12.9. The van der Waals surface area contributed by atoms with Crippen LogP contribution in [0.15, 0.2) is 41.0 Å². The third-order valence-electron chi connectivity index (χ3n) is 3.33. The summed E-state index contributed by atoms with van der Waals surface area (Å²) in [5.41, 5.74) is -0.680. The molecule has 23 heavy (non-hydrogen) atoms. The van der Waals surface area contributed by atoms with E-state index in [2.05, 4.69) is 10.1 Å². The molecule has 0 bridgehead atoms. The maximum absolute atomic E-state index is 12.5. The fourth-order valence-electron chi connectivity index (χ4n) is 2.13. The van der Waals surface area contributed by atoms with Gasteiger partial charge in [0.05, 0.1) is 13.4 Å². The van der Waals surface area contributed by atoms with Gasteiger partial charge in [0.1, 0.15) is 22.9 Å². The molecule has 1 heterocycles. The van der Waals surface area contributed by atoms with Crippen LogP contribution in [0.4, 0.5) is 8.78 Å². The normalized spacial score (nSPS) is 13.8. The summed E-state index contributed by atoms with van der Waals surface area (Å²) in [7, 11) is 1.44. The molecule has 2 aromatic rings. The Hall–Kier alpha value is -2.12. The number of ether oxygens (including phenoxy) is 2. The van der Waals surface area contributed by atoms with Crippen molar-refractivity contribution in [3.8, 4) is 11.5 Å². The third kappa shape index (κ3) is 4.67. The number of hydrogen-bond acceptors (Lipinski definition) is 5. The molecule has 0 radical (unpaired) electrons. The van der Waals surface area contributed by atoms with Gasteiger partial charge in [0, 0.05) is 24.7 Å². The Labute approximate surface area is 132 Å². The summed E-state index contributed by atoms with van der Waals surface area (Å²) in [5, 5.41) is 13.3. The molecule has 1 atom stereocenters. The van der Waals surface area contributed by atoms with E-state index in [4.69, 9.17) is 9.15 Å². The van der Waals surface area contributed by atoms with Crippen molar-refractivity contribution in [2.24, 2.45) is 0 Å². The molecule has 1 aromatic carbocycles. The van der Waals surface area contributed by atoms with E-state index in [0.717, 1.165) is 0 Å². The molecule has 2 rings (SSSR count). The molecule has 0 amide bonds. The molecule has 2 N–H and O–H groups in total. The number of alkyl halides is 2. The van der Waals surface area contributed by atoms with Crippen molar-refractivity contribution in [1.29, 1.82) is 0 Å². The van der Waals surface area contributed by atoms with Gasteiger partial charge in [0.15, 0.2) is 0 Å². The monoisotopic (exact) mass is 327 g/mol. The van der Waals surface area contributed by atoms with Crippen LogP contribution in [0.3, 0.4) is 0 Å². The van der Waals surface area contributed by atoms with E-state index in [0.29, 0.717) is 17.1 Å². The van der Waals surface area contributed by atoms with E-state index < -0.39 is 12.2 Å². The number of nitrogens with one attached hydrogen (secondary N) is 1. The predicted molar refractivity (Wildman–Crippen MR) is 79.6 cm³/mol. The van der Waals surface area contributed by atoms with Crippen LogP contribution in [0.25, 0.3) is 0 Å². The van der Waals surface area contributed by atoms with Gasteiger partial charge in [0.2, 0.25) is 0 Å². The molecule has 0 fully saturated rings. The molecule has 0 aliphatic carbocycles. The summed E-state index contributed by atoms with van der Waals surface area (Å²) in [5.74, 6) is 0.875. The Kier molecular flexibility index (Phi) is 5.57.